The van der Waals surface area contributed by atoms with E-state index >= 15 is 0 Å². The molecule has 0 aliphatic heterocycles. The highest BCUT2D eigenvalue weighted by Gasteiger charge is 2.13. The Bertz CT molecular complexity index is 553. The van der Waals surface area contributed by atoms with Gasteiger partial charge in [0, 0.05) is 12.5 Å². The van der Waals surface area contributed by atoms with E-state index in [1.807, 2.05) is 6.92 Å². The molecule has 0 saturated carbocycles. The van der Waals surface area contributed by atoms with Crippen LogP contribution in [0.25, 0.3) is 0 Å². The lowest BCUT2D eigenvalue weighted by Gasteiger charge is -2.14. The number of pyridine rings is 1. The lowest BCUT2D eigenvalue weighted by atomic mass is 10.1. The summed E-state index contributed by atoms with van der Waals surface area (Å²) in [6.07, 6.45) is -0.111. The summed E-state index contributed by atoms with van der Waals surface area (Å²) in [7, 11) is 0. The first-order valence-electron chi connectivity index (χ1n) is 6.63. The molecule has 0 saturated heterocycles. The van der Waals surface area contributed by atoms with Crippen LogP contribution in [0.5, 0.6) is 0 Å². The third-order valence-corrected chi connectivity index (χ3v) is 3.25. The number of hydrogen-bond acceptors (Lipinski definition) is 4. The van der Waals surface area contributed by atoms with E-state index < -0.39 is 17.9 Å². The minimum Gasteiger partial charge on any atom is -0.465 e. The number of hydrogen-bond donors (Lipinski definition) is 4. The SMILES string of the molecule is CC[C@@H](CCC(=O)NNC(=O)c1cccc(Br)n1)NC(=O)O. The summed E-state index contributed by atoms with van der Waals surface area (Å²) in [6, 6.07) is 4.54. The van der Waals surface area contributed by atoms with E-state index in [0.717, 1.165) is 0 Å². The highest BCUT2D eigenvalue weighted by molar-refractivity contribution is 9.10. The van der Waals surface area contributed by atoms with E-state index in [0.29, 0.717) is 17.4 Å². The molecule has 1 atom stereocenters. The standard InChI is InChI=1S/C13H17BrN4O4/c1-2-8(15-13(21)22)6-7-11(19)17-18-12(20)9-4-3-5-10(14)16-9/h3-5,8,15H,2,6-7H2,1H3,(H,17,19)(H,18,20)(H,21,22)/t8-/m0/s1. The van der Waals surface area contributed by atoms with Crippen molar-refractivity contribution in [2.75, 3.05) is 0 Å². The Hall–Kier alpha value is -2.16. The number of amides is 3. The molecule has 0 radical (unpaired) electrons. The number of halogens is 1. The Morgan fingerprint density at radius 1 is 1.32 bits per heavy atom. The van der Waals surface area contributed by atoms with E-state index in [4.69, 9.17) is 5.11 Å². The first-order chi connectivity index (χ1) is 10.4. The second-order valence-corrected chi connectivity index (χ2v) is 5.25. The predicted molar refractivity (Wildman–Crippen MR) is 82.0 cm³/mol. The first kappa shape index (κ1) is 17.9. The molecule has 0 aliphatic carbocycles. The summed E-state index contributed by atoms with van der Waals surface area (Å²) in [6.45, 7) is 1.82. The summed E-state index contributed by atoms with van der Waals surface area (Å²) >= 11 is 3.15. The van der Waals surface area contributed by atoms with Crippen LogP contribution in [0.3, 0.4) is 0 Å². The Morgan fingerprint density at radius 2 is 2.05 bits per heavy atom. The van der Waals surface area contributed by atoms with Gasteiger partial charge in [-0.3, -0.25) is 20.4 Å². The third kappa shape index (κ3) is 6.53. The monoisotopic (exact) mass is 372 g/mol. The number of carbonyl (C=O) groups excluding carboxylic acids is 2. The van der Waals surface area contributed by atoms with Gasteiger partial charge in [0.05, 0.1) is 0 Å². The fourth-order valence-electron chi connectivity index (χ4n) is 1.65. The van der Waals surface area contributed by atoms with Crippen LogP contribution in [-0.4, -0.2) is 34.0 Å². The quantitative estimate of drug-likeness (QED) is 0.444. The number of aromatic nitrogens is 1. The van der Waals surface area contributed by atoms with Gasteiger partial charge in [-0.1, -0.05) is 13.0 Å². The van der Waals surface area contributed by atoms with Gasteiger partial charge in [-0.05, 0) is 40.9 Å². The molecule has 0 aromatic carbocycles. The molecule has 22 heavy (non-hydrogen) atoms. The van der Waals surface area contributed by atoms with Gasteiger partial charge < -0.3 is 10.4 Å². The van der Waals surface area contributed by atoms with Gasteiger partial charge in [-0.15, -0.1) is 0 Å². The minimum absolute atomic E-state index is 0.0883. The van der Waals surface area contributed by atoms with Gasteiger partial charge in [0.15, 0.2) is 0 Å². The molecule has 1 aromatic rings. The van der Waals surface area contributed by atoms with Gasteiger partial charge in [0.2, 0.25) is 5.91 Å². The molecule has 120 valence electrons. The van der Waals surface area contributed by atoms with Gasteiger partial charge in [-0.25, -0.2) is 9.78 Å². The van der Waals surface area contributed by atoms with Crippen molar-refractivity contribution in [2.45, 2.75) is 32.2 Å². The molecule has 9 heteroatoms. The zero-order valence-corrected chi connectivity index (χ0v) is 13.5. The van der Waals surface area contributed by atoms with E-state index in [-0.39, 0.29) is 18.2 Å². The molecule has 0 spiro atoms. The van der Waals surface area contributed by atoms with E-state index in [2.05, 4.69) is 37.1 Å². The predicted octanol–water partition coefficient (Wildman–Crippen LogP) is 1.43. The maximum absolute atomic E-state index is 11.7. The molecule has 1 aromatic heterocycles. The van der Waals surface area contributed by atoms with Crippen molar-refractivity contribution in [1.29, 1.82) is 0 Å². The maximum Gasteiger partial charge on any atom is 0.404 e. The van der Waals surface area contributed by atoms with Crippen molar-refractivity contribution in [3.05, 3.63) is 28.5 Å². The molecule has 1 rings (SSSR count). The number of rotatable bonds is 6. The maximum atomic E-state index is 11.7. The molecule has 4 N–H and O–H groups in total. The number of nitrogens with one attached hydrogen (secondary N) is 3. The summed E-state index contributed by atoms with van der Waals surface area (Å²) < 4.78 is 0.511. The molecule has 0 aliphatic rings. The molecule has 0 unspecified atom stereocenters. The fraction of sp³-hybridized carbons (Fsp3) is 0.385. The number of carboxylic acid groups (broad SMARTS) is 1. The van der Waals surface area contributed by atoms with Crippen LogP contribution in [0, 0.1) is 0 Å². The van der Waals surface area contributed by atoms with Crippen molar-refractivity contribution in [2.24, 2.45) is 0 Å². The van der Waals surface area contributed by atoms with Crippen LogP contribution in [0.2, 0.25) is 0 Å². The van der Waals surface area contributed by atoms with Crippen LogP contribution in [0.4, 0.5) is 4.79 Å². The Labute approximate surface area is 135 Å². The average molecular weight is 373 g/mol. The molecule has 3 amide bonds. The van der Waals surface area contributed by atoms with Crippen molar-refractivity contribution in [3.8, 4) is 0 Å². The molecule has 0 bridgehead atoms. The normalized spacial score (nSPS) is 11.4. The Balaban J connectivity index is 2.36. The first-order valence-corrected chi connectivity index (χ1v) is 7.43. The van der Waals surface area contributed by atoms with Crippen LogP contribution in [0.1, 0.15) is 36.7 Å². The highest BCUT2D eigenvalue weighted by atomic mass is 79.9. The zero-order valence-electron chi connectivity index (χ0n) is 11.9. The molecule has 8 nitrogen and oxygen atoms in total. The summed E-state index contributed by atoms with van der Waals surface area (Å²) in [5, 5.41) is 10.9. The summed E-state index contributed by atoms with van der Waals surface area (Å²) in [4.78, 5) is 37.8. The smallest absolute Gasteiger partial charge is 0.404 e. The van der Waals surface area contributed by atoms with Crippen LogP contribution >= 0.6 is 15.9 Å². The Kier molecular flexibility index (Phi) is 7.30. The third-order valence-electron chi connectivity index (χ3n) is 2.80. The number of carbonyl (C=O) groups is 3. The minimum atomic E-state index is -1.12. The van der Waals surface area contributed by atoms with Crippen LogP contribution in [0.15, 0.2) is 22.8 Å². The topological polar surface area (TPSA) is 120 Å². The average Bonchev–Trinajstić information content (AvgIpc) is 2.48. The van der Waals surface area contributed by atoms with Gasteiger partial charge in [0.25, 0.3) is 5.91 Å². The molecular weight excluding hydrogens is 356 g/mol. The largest absolute Gasteiger partial charge is 0.465 e. The zero-order chi connectivity index (χ0) is 16.5. The van der Waals surface area contributed by atoms with Gasteiger partial charge in [0.1, 0.15) is 10.3 Å². The molecule has 0 fully saturated rings. The summed E-state index contributed by atoms with van der Waals surface area (Å²) in [5.41, 5.74) is 4.67. The van der Waals surface area contributed by atoms with Gasteiger partial charge in [-0.2, -0.15) is 0 Å². The molecular formula is C13H17BrN4O4. The fourth-order valence-corrected chi connectivity index (χ4v) is 1.99. The summed E-state index contributed by atoms with van der Waals surface area (Å²) in [5.74, 6) is -0.945. The van der Waals surface area contributed by atoms with Crippen molar-refractivity contribution in [1.82, 2.24) is 21.2 Å². The van der Waals surface area contributed by atoms with Gasteiger partial charge >= 0.3 is 6.09 Å². The van der Waals surface area contributed by atoms with E-state index in [1.54, 1.807) is 12.1 Å². The van der Waals surface area contributed by atoms with Crippen molar-refractivity contribution >= 4 is 33.8 Å². The second kappa shape index (κ2) is 8.98. The molecule has 1 heterocycles. The van der Waals surface area contributed by atoms with Crippen LogP contribution in [-0.2, 0) is 4.79 Å². The van der Waals surface area contributed by atoms with Crippen molar-refractivity contribution < 1.29 is 19.5 Å². The lowest BCUT2D eigenvalue weighted by molar-refractivity contribution is -0.122. The highest BCUT2D eigenvalue weighted by Crippen LogP contribution is 2.06. The Morgan fingerprint density at radius 3 is 2.64 bits per heavy atom. The number of nitrogens with zero attached hydrogens (tertiary/aromatic N) is 1. The lowest BCUT2D eigenvalue weighted by Crippen LogP contribution is -2.42. The van der Waals surface area contributed by atoms with Crippen molar-refractivity contribution in [3.63, 3.8) is 0 Å². The van der Waals surface area contributed by atoms with E-state index in [9.17, 15) is 14.4 Å². The second-order valence-electron chi connectivity index (χ2n) is 4.44. The number of hydrazine groups is 1. The van der Waals surface area contributed by atoms with E-state index in [1.165, 1.54) is 6.07 Å². The van der Waals surface area contributed by atoms with Crippen LogP contribution < -0.4 is 16.2 Å².